The Morgan fingerprint density at radius 1 is 1.17 bits per heavy atom. The molecule has 29 heavy (non-hydrogen) atoms. The van der Waals surface area contributed by atoms with E-state index in [2.05, 4.69) is 10.8 Å². The van der Waals surface area contributed by atoms with Gasteiger partial charge in [-0.3, -0.25) is 0 Å². The molecule has 0 fully saturated rings. The smallest absolute Gasteiger partial charge is 0.240 e. The maximum absolute atomic E-state index is 13.0. The van der Waals surface area contributed by atoms with Gasteiger partial charge in [-0.1, -0.05) is 12.1 Å². The topological polar surface area (TPSA) is 67.9 Å². The second-order valence-corrected chi connectivity index (χ2v) is 9.38. The van der Waals surface area contributed by atoms with E-state index in [9.17, 15) is 8.42 Å². The average Bonchev–Trinajstić information content (AvgIpc) is 3.12. The number of hydrogen-bond acceptors (Lipinski definition) is 5. The lowest BCUT2D eigenvalue weighted by atomic mass is 10.0. The fourth-order valence-electron chi connectivity index (χ4n) is 3.72. The van der Waals surface area contributed by atoms with Crippen molar-refractivity contribution in [1.29, 1.82) is 0 Å². The molecule has 0 amide bonds. The number of nitrogens with zero attached hydrogens (tertiary/aromatic N) is 1. The predicted molar refractivity (Wildman–Crippen MR) is 114 cm³/mol. The molecule has 0 aliphatic carbocycles. The minimum atomic E-state index is -3.64. The van der Waals surface area contributed by atoms with Crippen molar-refractivity contribution < 1.29 is 17.9 Å². The average molecular weight is 419 g/mol. The molecule has 0 saturated heterocycles. The van der Waals surface area contributed by atoms with E-state index in [1.807, 2.05) is 51.9 Å². The third-order valence-corrected chi connectivity index (χ3v) is 6.62. The third-order valence-electron chi connectivity index (χ3n) is 5.22. The number of aryl methyl sites for hydroxylation is 2. The molecule has 0 saturated carbocycles. The highest BCUT2D eigenvalue weighted by molar-refractivity contribution is 7.89. The van der Waals surface area contributed by atoms with Gasteiger partial charge in [-0.25, -0.2) is 13.1 Å². The van der Waals surface area contributed by atoms with Gasteiger partial charge >= 0.3 is 0 Å². The van der Waals surface area contributed by atoms with Gasteiger partial charge in [0.1, 0.15) is 11.5 Å². The maximum atomic E-state index is 13.0. The predicted octanol–water partition coefficient (Wildman–Crippen LogP) is 3.22. The van der Waals surface area contributed by atoms with Crippen molar-refractivity contribution in [1.82, 2.24) is 9.62 Å². The van der Waals surface area contributed by atoms with Gasteiger partial charge in [-0.2, -0.15) is 0 Å². The molecule has 0 spiro atoms. The van der Waals surface area contributed by atoms with E-state index in [1.165, 1.54) is 5.56 Å². The monoisotopic (exact) mass is 418 g/mol. The van der Waals surface area contributed by atoms with Crippen LogP contribution in [0.15, 0.2) is 35.2 Å². The number of likely N-dealkylation sites (N-methyl/N-ethyl adjacent to an activating group) is 1. The molecular formula is C22H30N2O4S. The Morgan fingerprint density at radius 3 is 2.48 bits per heavy atom. The summed E-state index contributed by atoms with van der Waals surface area (Å²) in [5.41, 5.74) is 3.88. The standard InChI is InChI=1S/C22H30N2O4S/c1-6-27-22-15(2)11-19(12-16(22)3)29(25,26)23-14-20(24(4)5)17-7-8-21-18(13-17)9-10-28-21/h7-8,11-13,20,23H,6,9-10,14H2,1-5H3. The van der Waals surface area contributed by atoms with Crippen LogP contribution in [-0.4, -0.2) is 47.2 Å². The van der Waals surface area contributed by atoms with Crippen LogP contribution in [0.5, 0.6) is 11.5 Å². The molecule has 1 heterocycles. The van der Waals surface area contributed by atoms with Crippen LogP contribution in [0.2, 0.25) is 0 Å². The van der Waals surface area contributed by atoms with Crippen molar-refractivity contribution in [3.8, 4) is 11.5 Å². The molecule has 7 heteroatoms. The van der Waals surface area contributed by atoms with Crippen molar-refractivity contribution >= 4 is 10.0 Å². The number of hydrogen-bond donors (Lipinski definition) is 1. The summed E-state index contributed by atoms with van der Waals surface area (Å²) in [7, 11) is 0.263. The first-order valence-electron chi connectivity index (χ1n) is 9.88. The first-order valence-corrected chi connectivity index (χ1v) is 11.4. The number of fused-ring (bicyclic) bond motifs is 1. The Labute approximate surface area is 173 Å². The van der Waals surface area contributed by atoms with Crippen LogP contribution in [0.1, 0.15) is 35.2 Å². The Kier molecular flexibility index (Phi) is 6.51. The molecule has 0 radical (unpaired) electrons. The molecule has 2 aromatic carbocycles. The number of rotatable bonds is 8. The Bertz CT molecular complexity index is 963. The second kappa shape index (κ2) is 8.73. The molecule has 6 nitrogen and oxygen atoms in total. The normalized spacial score (nSPS) is 14.6. The summed E-state index contributed by atoms with van der Waals surface area (Å²) < 4.78 is 39.9. The van der Waals surface area contributed by atoms with E-state index in [0.29, 0.717) is 13.2 Å². The summed E-state index contributed by atoms with van der Waals surface area (Å²) in [6.07, 6.45) is 0.889. The van der Waals surface area contributed by atoms with Crippen molar-refractivity contribution in [3.05, 3.63) is 52.6 Å². The summed E-state index contributed by atoms with van der Waals surface area (Å²) >= 11 is 0. The van der Waals surface area contributed by atoms with Crippen LogP contribution < -0.4 is 14.2 Å². The quantitative estimate of drug-likeness (QED) is 0.713. The number of benzene rings is 2. The van der Waals surface area contributed by atoms with Crippen LogP contribution in [0.3, 0.4) is 0 Å². The fraction of sp³-hybridized carbons (Fsp3) is 0.455. The lowest BCUT2D eigenvalue weighted by Crippen LogP contribution is -2.34. The molecule has 1 aliphatic rings. The largest absolute Gasteiger partial charge is 0.493 e. The molecule has 158 valence electrons. The SMILES string of the molecule is CCOc1c(C)cc(S(=O)(=O)NCC(c2ccc3c(c2)CCO3)N(C)C)cc1C. The van der Waals surface area contributed by atoms with Gasteiger partial charge in [0.05, 0.1) is 18.1 Å². The van der Waals surface area contributed by atoms with Gasteiger partial charge in [-0.15, -0.1) is 0 Å². The van der Waals surface area contributed by atoms with Gasteiger partial charge in [0.25, 0.3) is 0 Å². The van der Waals surface area contributed by atoms with Crippen LogP contribution in [0.25, 0.3) is 0 Å². The minimum Gasteiger partial charge on any atom is -0.493 e. The van der Waals surface area contributed by atoms with Crippen molar-refractivity contribution in [2.24, 2.45) is 0 Å². The second-order valence-electron chi connectivity index (χ2n) is 7.62. The summed E-state index contributed by atoms with van der Waals surface area (Å²) in [4.78, 5) is 2.28. The van der Waals surface area contributed by atoms with E-state index >= 15 is 0 Å². The Morgan fingerprint density at radius 2 is 1.86 bits per heavy atom. The van der Waals surface area contributed by atoms with Crippen molar-refractivity contribution in [3.63, 3.8) is 0 Å². The lowest BCUT2D eigenvalue weighted by molar-refractivity contribution is 0.299. The fourth-order valence-corrected chi connectivity index (χ4v) is 4.93. The highest BCUT2D eigenvalue weighted by Gasteiger charge is 2.23. The van der Waals surface area contributed by atoms with Crippen LogP contribution >= 0.6 is 0 Å². The summed E-state index contributed by atoms with van der Waals surface area (Å²) in [5, 5.41) is 0. The lowest BCUT2D eigenvalue weighted by Gasteiger charge is -2.25. The molecule has 1 atom stereocenters. The molecule has 1 unspecified atom stereocenters. The zero-order valence-corrected chi connectivity index (χ0v) is 18.6. The molecule has 1 N–H and O–H groups in total. The Balaban J connectivity index is 1.80. The molecule has 2 aromatic rings. The third kappa shape index (κ3) is 4.74. The highest BCUT2D eigenvalue weighted by Crippen LogP contribution is 2.30. The zero-order chi connectivity index (χ0) is 21.2. The van der Waals surface area contributed by atoms with Crippen LogP contribution in [0.4, 0.5) is 0 Å². The minimum absolute atomic E-state index is 0.0828. The van der Waals surface area contributed by atoms with Gasteiger partial charge in [-0.05, 0) is 75.3 Å². The van der Waals surface area contributed by atoms with E-state index in [4.69, 9.17) is 9.47 Å². The summed E-state index contributed by atoms with van der Waals surface area (Å²) in [6.45, 7) is 7.17. The number of nitrogens with one attached hydrogen (secondary N) is 1. The number of ether oxygens (including phenoxy) is 2. The van der Waals surface area contributed by atoms with E-state index in [-0.39, 0.29) is 17.5 Å². The first kappa shape index (κ1) is 21.6. The van der Waals surface area contributed by atoms with Gasteiger partial charge in [0.15, 0.2) is 0 Å². The first-order chi connectivity index (χ1) is 13.7. The van der Waals surface area contributed by atoms with E-state index < -0.39 is 10.0 Å². The van der Waals surface area contributed by atoms with Crippen LogP contribution in [-0.2, 0) is 16.4 Å². The van der Waals surface area contributed by atoms with Gasteiger partial charge in [0.2, 0.25) is 10.0 Å². The molecule has 3 rings (SSSR count). The van der Waals surface area contributed by atoms with Gasteiger partial charge < -0.3 is 14.4 Å². The van der Waals surface area contributed by atoms with E-state index in [0.717, 1.165) is 34.6 Å². The molecule has 0 aromatic heterocycles. The van der Waals surface area contributed by atoms with Crippen molar-refractivity contribution in [2.45, 2.75) is 38.1 Å². The molecular weight excluding hydrogens is 388 g/mol. The maximum Gasteiger partial charge on any atom is 0.240 e. The Hall–Kier alpha value is -2.09. The van der Waals surface area contributed by atoms with Gasteiger partial charge in [0, 0.05) is 19.0 Å². The zero-order valence-electron chi connectivity index (χ0n) is 17.8. The molecule has 0 bridgehead atoms. The van der Waals surface area contributed by atoms with Crippen LogP contribution in [0, 0.1) is 13.8 Å². The summed E-state index contributed by atoms with van der Waals surface area (Å²) in [6, 6.07) is 9.35. The number of sulfonamides is 1. The highest BCUT2D eigenvalue weighted by atomic mass is 32.2. The van der Waals surface area contributed by atoms with Crippen molar-refractivity contribution in [2.75, 3.05) is 33.9 Å². The molecule has 1 aliphatic heterocycles. The van der Waals surface area contributed by atoms with E-state index in [1.54, 1.807) is 12.1 Å². The summed E-state index contributed by atoms with van der Waals surface area (Å²) in [5.74, 6) is 1.67.